The molecule has 15 heteroatoms. The molecule has 0 aromatic heterocycles. The zero-order valence-corrected chi connectivity index (χ0v) is 22.0. The number of ketones is 2. The summed E-state index contributed by atoms with van der Waals surface area (Å²) in [6.07, 6.45) is -28.2. The maximum atomic E-state index is 12.2. The van der Waals surface area contributed by atoms with Crippen LogP contribution in [0.4, 0.5) is 4.79 Å². The minimum atomic E-state index is -3.79. The van der Waals surface area contributed by atoms with Crippen molar-refractivity contribution in [2.45, 2.75) is 104 Å². The van der Waals surface area contributed by atoms with E-state index >= 15 is 0 Å². The fraction of sp³-hybridized carbons (Fsp3) is 0.815. The van der Waals surface area contributed by atoms with Gasteiger partial charge in [-0.25, -0.2) is 4.79 Å². The van der Waals surface area contributed by atoms with Crippen molar-refractivity contribution in [1.29, 1.82) is 8.04 Å². The average molecular weight is 659 g/mol. The number of rotatable bonds is 0. The van der Waals surface area contributed by atoms with E-state index in [0.717, 1.165) is 0 Å². The number of nitrogens with zero attached hydrogens (tertiary/aromatic N) is 1. The molecule has 4 rings (SSSR count). The lowest BCUT2D eigenvalue weighted by molar-refractivity contribution is -0.129. The lowest BCUT2D eigenvalue weighted by Gasteiger charge is -2.32. The molecule has 3 amide bonds. The van der Waals surface area contributed by atoms with Crippen LogP contribution in [0.2, 0.25) is 0 Å². The van der Waals surface area contributed by atoms with Crippen molar-refractivity contribution >= 4 is 50.1 Å². The second-order valence-electron chi connectivity index (χ2n) is 7.59. The van der Waals surface area contributed by atoms with Crippen LogP contribution < -0.4 is 16.0 Å². The number of nitrogens with one attached hydrogen (secondary N) is 3. The SMILES string of the molecule is C.C.O=C1CCC(=O)NC1.[2H]B([2H])[2H].[2H]C1([2H])N(C(=O)OC(C)(C)C)C([2H])([2H])[C@@]([2H])(O)C([2H])([2H])C1([2H])[2H].[2H]C1([2H])NC(=O)C([2H])([2H])C([2H])([2H])C1=O.[2H]C1([2H])NC([2H])([2H])C([2H])(O)C([2H])([2H])C1([2H])[2H].[2H]Cl.[2H]O[2H]. The van der Waals surface area contributed by atoms with Gasteiger partial charge in [-0.2, -0.15) is 0 Å². The van der Waals surface area contributed by atoms with Gasteiger partial charge in [0.1, 0.15) is 6.77 Å². The number of β-amino-alcohol motifs (C(OH)–C–C–N with tert-alkyl or cyclic N) is 2. The highest BCUT2D eigenvalue weighted by Gasteiger charge is 2.26. The molecule has 7 N–H and O–H groups in total. The van der Waals surface area contributed by atoms with Crippen molar-refractivity contribution in [3.63, 3.8) is 0 Å². The number of ether oxygens (including phenoxy) is 1. The molecule has 4 saturated heterocycles. The fourth-order valence-corrected chi connectivity index (χ4v) is 1.86. The predicted molar refractivity (Wildman–Crippen MR) is 170 cm³/mol. The van der Waals surface area contributed by atoms with Gasteiger partial charge in [0, 0.05) is 69.8 Å². The molecule has 4 aliphatic heterocycles. The highest BCUT2D eigenvalue weighted by Crippen LogP contribution is 2.15. The fourth-order valence-electron chi connectivity index (χ4n) is 1.86. The van der Waals surface area contributed by atoms with Gasteiger partial charge < -0.3 is 41.3 Å². The quantitative estimate of drug-likeness (QED) is 0.217. The Hall–Kier alpha value is -2.26. The number of aliphatic hydroxyl groups is 2. The first kappa shape index (κ1) is 14.2. The van der Waals surface area contributed by atoms with E-state index in [2.05, 4.69) is 23.1 Å². The maximum absolute atomic E-state index is 12.2. The Balaban J connectivity index is -0.000000270. The van der Waals surface area contributed by atoms with Crippen LogP contribution in [0.3, 0.4) is 0 Å². The van der Waals surface area contributed by atoms with Crippen LogP contribution in [0.1, 0.15) is 120 Å². The predicted octanol–water partition coefficient (Wildman–Crippen LogP) is -0.275. The van der Waals surface area contributed by atoms with E-state index in [1.165, 1.54) is 31.4 Å². The lowest BCUT2D eigenvalue weighted by atomic mass is 10.1. The van der Waals surface area contributed by atoms with Crippen molar-refractivity contribution in [3.8, 4) is 0 Å². The number of carbonyl (C=O) groups is 5. The Morgan fingerprint density at radius 1 is 1.10 bits per heavy atom. The molecular formula is C27H58BClN4O9. The first-order valence-corrected chi connectivity index (χ1v) is 10.2. The topological polar surface area (TPSA) is 206 Å². The van der Waals surface area contributed by atoms with Gasteiger partial charge in [0.15, 0.2) is 11.6 Å². The van der Waals surface area contributed by atoms with Crippen LogP contribution in [0.5, 0.6) is 0 Å². The molecule has 4 fully saturated rings. The molecule has 4 aliphatic rings. The summed E-state index contributed by atoms with van der Waals surface area (Å²) in [6.45, 7) is -11.7. The van der Waals surface area contributed by atoms with Gasteiger partial charge in [-0.15, -0.1) is 12.3 Å². The lowest BCUT2D eigenvalue weighted by Crippen LogP contribution is -2.44. The number of piperidine rings is 4. The highest BCUT2D eigenvalue weighted by molar-refractivity contribution is 5.93. The van der Waals surface area contributed by atoms with Crippen molar-refractivity contribution in [3.05, 3.63) is 0 Å². The Morgan fingerprint density at radius 3 is 2.26 bits per heavy atom. The van der Waals surface area contributed by atoms with Crippen LogP contribution in [0, 0.1) is 0 Å². The minimum absolute atomic E-state index is 0. The summed E-state index contributed by atoms with van der Waals surface area (Å²) >= 11 is 3.89. The van der Waals surface area contributed by atoms with E-state index in [1.54, 1.807) is 0 Å². The molecule has 250 valence electrons. The van der Waals surface area contributed by atoms with E-state index in [4.69, 9.17) is 45.7 Å². The number of hydrogen-bond acceptors (Lipinski definition) is 9. The third-order valence-corrected chi connectivity index (χ3v) is 3.32. The third kappa shape index (κ3) is 25.5. The number of likely N-dealkylation sites (tertiary alicyclic amines) is 1. The second-order valence-corrected chi connectivity index (χ2v) is 7.59. The zero-order valence-electron chi connectivity index (χ0n) is 51.3. The molecule has 1 unspecified atom stereocenters. The van der Waals surface area contributed by atoms with Crippen molar-refractivity contribution in [1.82, 2.24) is 20.9 Å². The molecule has 4 heterocycles. The Bertz CT molecular complexity index is 1750. The first-order valence-electron chi connectivity index (χ1n) is 25.1. The number of amides is 3. The Morgan fingerprint density at radius 2 is 1.71 bits per heavy atom. The summed E-state index contributed by atoms with van der Waals surface area (Å²) in [5.41, 5.74) is 1.56. The van der Waals surface area contributed by atoms with Crippen molar-refractivity contribution in [2.24, 2.45) is 0 Å². The molecule has 0 spiro atoms. The van der Waals surface area contributed by atoms with Crippen molar-refractivity contribution < 1.29 is 77.3 Å². The van der Waals surface area contributed by atoms with E-state index in [0.29, 0.717) is 12.8 Å². The second kappa shape index (κ2) is 26.4. The third-order valence-electron chi connectivity index (χ3n) is 3.32. The minimum Gasteiger partial charge on any atom is -0.444 e. The highest BCUT2D eigenvalue weighted by atomic mass is 35.5. The van der Waals surface area contributed by atoms with Gasteiger partial charge in [0.2, 0.25) is 14.7 Å². The molecule has 0 aliphatic carbocycles. The van der Waals surface area contributed by atoms with Gasteiger partial charge in [0.25, 0.3) is 0 Å². The average Bonchev–Trinajstić information content (AvgIpc) is 3.14. The van der Waals surface area contributed by atoms with Crippen LogP contribution in [-0.4, -0.2) is 123 Å². The van der Waals surface area contributed by atoms with Gasteiger partial charge >= 0.3 is 6.09 Å². The molecule has 0 aromatic carbocycles. The standard InChI is InChI=1S/C10H19NO3.2C5H7NO2.C5H11NO.2CH4.BH3.ClH.H2O/c1-10(2,3)14-9(13)11-6-4-5-8(12)7-11;2*7-4-1-2-5(8)6-3-4;7-5-2-1-3-6-4-5;;;;;/h8,12H,4-7H2,1-3H3;2*1-3H2,(H,6,8);5-7H,1-4H2;2*1H4;1H3;1H;1H2/t8-;;;;;;;;/m0......../s1/i4D2,5D2,6D2,7D2,8D;1D2,2D2,3D2;;1D2,2D2,3D2,4D2,5D;;;1D3;;/hD3. The zero-order chi connectivity index (χ0) is 57.7. The van der Waals surface area contributed by atoms with Gasteiger partial charge in [-0.1, -0.05) is 14.9 Å². The van der Waals surface area contributed by atoms with Crippen LogP contribution in [0.15, 0.2) is 0 Å². The summed E-state index contributed by atoms with van der Waals surface area (Å²) in [4.78, 5) is 54.6. The Kier molecular flexibility index (Phi) is 8.94. The van der Waals surface area contributed by atoms with E-state index in [1.807, 2.05) is 0 Å². The van der Waals surface area contributed by atoms with Gasteiger partial charge in [0.05, 0.1) is 41.7 Å². The molecule has 42 heavy (non-hydrogen) atoms. The van der Waals surface area contributed by atoms with Crippen LogP contribution in [0.25, 0.3) is 0 Å². The summed E-state index contributed by atoms with van der Waals surface area (Å²) in [6, 6.07) is 0. The normalized spacial score (nSPS) is 47.6. The van der Waals surface area contributed by atoms with Crippen LogP contribution >= 0.6 is 12.3 Å². The van der Waals surface area contributed by atoms with E-state index < -0.39 is 115 Å². The molecule has 0 aromatic rings. The number of halogens is 1. The summed E-state index contributed by atoms with van der Waals surface area (Å²) in [7, 11) is -1.42. The van der Waals surface area contributed by atoms with Crippen molar-refractivity contribution in [2.75, 3.05) is 39.0 Å². The Labute approximate surface area is 301 Å². The number of carbonyl (C=O) groups excluding carboxylic acids is 5. The molecule has 0 bridgehead atoms. The monoisotopic (exact) mass is 659 g/mol. The summed E-state index contributed by atoms with van der Waals surface area (Å²) in [5, 5.41) is 24.8. The van der Waals surface area contributed by atoms with E-state index in [9.17, 15) is 34.2 Å². The first-order chi connectivity index (χ1) is 30.4. The molecule has 0 radical (unpaired) electrons. The number of hydrogen-bond donors (Lipinski definition) is 5. The molecule has 13 nitrogen and oxygen atoms in total. The number of Topliss-reactive ketones (excluding diaryl/α,β-unsaturated/α-hetero) is 2. The van der Waals surface area contributed by atoms with Gasteiger partial charge in [-0.05, 0) is 56.8 Å². The summed E-state index contributed by atoms with van der Waals surface area (Å²) in [5.74, 6) is -2.96. The maximum Gasteiger partial charge on any atom is 0.410 e. The van der Waals surface area contributed by atoms with Crippen LogP contribution in [-0.2, 0) is 23.9 Å². The molecule has 0 saturated carbocycles. The largest absolute Gasteiger partial charge is 0.444 e. The molecule has 2 atom stereocenters. The molecular weight excluding hydrogens is 571 g/mol. The van der Waals surface area contributed by atoms with Gasteiger partial charge in [-0.3, -0.25) is 19.2 Å². The smallest absolute Gasteiger partial charge is 0.410 e. The summed E-state index contributed by atoms with van der Waals surface area (Å²) < 4.78 is 215. The van der Waals surface area contributed by atoms with E-state index in [-0.39, 0.29) is 38.0 Å².